The monoisotopic (exact) mass is 442 g/mol. The zero-order chi connectivity index (χ0) is 22.5. The Morgan fingerprint density at radius 1 is 0.781 bits per heavy atom. The summed E-state index contributed by atoms with van der Waals surface area (Å²) >= 11 is 0. The van der Waals surface area contributed by atoms with Crippen molar-refractivity contribution in [2.24, 2.45) is 17.8 Å². The number of benzene rings is 2. The molecule has 0 amide bonds. The third-order valence-electron chi connectivity index (χ3n) is 7.50. The Bertz CT molecular complexity index is 880. The molecule has 4 heteroatoms. The quantitative estimate of drug-likeness (QED) is 0.417. The molecular formula is C28H36F2O2. The zero-order valence-corrected chi connectivity index (χ0v) is 19.4. The Morgan fingerprint density at radius 2 is 1.44 bits per heavy atom. The first-order chi connectivity index (χ1) is 15.6. The van der Waals surface area contributed by atoms with Gasteiger partial charge in [0.05, 0.1) is 13.2 Å². The van der Waals surface area contributed by atoms with E-state index in [1.807, 2.05) is 0 Å². The third-order valence-corrected chi connectivity index (χ3v) is 7.50. The summed E-state index contributed by atoms with van der Waals surface area (Å²) < 4.78 is 39.2. The first-order valence-electron chi connectivity index (χ1n) is 12.4. The van der Waals surface area contributed by atoms with Crippen molar-refractivity contribution in [3.05, 3.63) is 59.2 Å². The summed E-state index contributed by atoms with van der Waals surface area (Å²) in [5.74, 6) is 0.618. The Balaban J connectivity index is 1.29. The minimum atomic E-state index is -0.964. The van der Waals surface area contributed by atoms with Gasteiger partial charge in [-0.2, -0.15) is 8.78 Å². The number of hydrogen-bond acceptors (Lipinski definition) is 2. The molecule has 0 saturated heterocycles. The van der Waals surface area contributed by atoms with E-state index < -0.39 is 11.6 Å². The molecule has 0 spiro atoms. The minimum absolute atomic E-state index is 0.0108. The molecule has 32 heavy (non-hydrogen) atoms. The second-order valence-electron chi connectivity index (χ2n) is 9.63. The van der Waals surface area contributed by atoms with Gasteiger partial charge < -0.3 is 9.47 Å². The normalized spacial score (nSPS) is 25.2. The molecule has 2 aliphatic carbocycles. The molecule has 2 saturated carbocycles. The molecule has 0 aromatic heterocycles. The van der Waals surface area contributed by atoms with E-state index in [9.17, 15) is 8.78 Å². The van der Waals surface area contributed by atoms with Crippen LogP contribution < -0.4 is 9.47 Å². The predicted molar refractivity (Wildman–Crippen MR) is 124 cm³/mol. The van der Waals surface area contributed by atoms with Gasteiger partial charge in [-0.3, -0.25) is 0 Å². The molecule has 0 bridgehead atoms. The molecular weight excluding hydrogens is 406 g/mol. The highest BCUT2D eigenvalue weighted by Gasteiger charge is 2.36. The maximum absolute atomic E-state index is 14.3. The van der Waals surface area contributed by atoms with Crippen molar-refractivity contribution in [2.75, 3.05) is 13.2 Å². The molecule has 0 heterocycles. The maximum atomic E-state index is 14.3. The summed E-state index contributed by atoms with van der Waals surface area (Å²) in [6.07, 6.45) is 9.59. The van der Waals surface area contributed by atoms with Crippen molar-refractivity contribution in [1.29, 1.82) is 0 Å². The van der Waals surface area contributed by atoms with Gasteiger partial charge in [0.2, 0.25) is 11.6 Å². The highest BCUT2D eigenvalue weighted by atomic mass is 19.2. The van der Waals surface area contributed by atoms with Crippen LogP contribution in [0.5, 0.6) is 11.5 Å². The second kappa shape index (κ2) is 10.7. The van der Waals surface area contributed by atoms with E-state index >= 15 is 0 Å². The SMILES string of the molecule is CCCc1ccc(C2CCC3CC(COc4ccc(OCC)c(F)c4F)CCC3C2)cc1. The number of fused-ring (bicyclic) bond motifs is 1. The average molecular weight is 443 g/mol. The molecule has 2 aliphatic rings. The van der Waals surface area contributed by atoms with Crippen molar-refractivity contribution >= 4 is 0 Å². The number of aryl methyl sites for hydroxylation is 1. The van der Waals surface area contributed by atoms with E-state index in [0.29, 0.717) is 25.0 Å². The number of ether oxygens (including phenoxy) is 2. The highest BCUT2D eigenvalue weighted by molar-refractivity contribution is 5.35. The van der Waals surface area contributed by atoms with Crippen LogP contribution >= 0.6 is 0 Å². The molecule has 4 unspecified atom stereocenters. The smallest absolute Gasteiger partial charge is 0.204 e. The van der Waals surface area contributed by atoms with Gasteiger partial charge in [-0.05, 0) is 98.8 Å². The van der Waals surface area contributed by atoms with Crippen molar-refractivity contribution in [3.63, 3.8) is 0 Å². The van der Waals surface area contributed by atoms with Gasteiger partial charge in [-0.1, -0.05) is 37.6 Å². The van der Waals surface area contributed by atoms with E-state index in [1.165, 1.54) is 55.4 Å². The number of hydrogen-bond donors (Lipinski definition) is 0. The topological polar surface area (TPSA) is 18.5 Å². The lowest BCUT2D eigenvalue weighted by atomic mass is 9.64. The van der Waals surface area contributed by atoms with Crippen LogP contribution in [0.2, 0.25) is 0 Å². The summed E-state index contributed by atoms with van der Waals surface area (Å²) in [6.45, 7) is 4.72. The first kappa shape index (κ1) is 23.1. The maximum Gasteiger partial charge on any atom is 0.204 e. The van der Waals surface area contributed by atoms with Gasteiger partial charge in [0, 0.05) is 0 Å². The molecule has 2 aromatic rings. The van der Waals surface area contributed by atoms with E-state index in [2.05, 4.69) is 31.2 Å². The standard InChI is InChI=1S/C28H36F2O2/c1-3-5-19-6-9-21(10-7-19)23-13-12-22-16-20(8-11-24(22)17-23)18-32-26-15-14-25(31-4-2)27(29)28(26)30/h6-7,9-10,14-15,20,22-24H,3-5,8,11-13,16-18H2,1-2H3. The van der Waals surface area contributed by atoms with Crippen LogP contribution in [-0.4, -0.2) is 13.2 Å². The van der Waals surface area contributed by atoms with Gasteiger partial charge in [0.25, 0.3) is 0 Å². The van der Waals surface area contributed by atoms with E-state index in [1.54, 1.807) is 6.92 Å². The average Bonchev–Trinajstić information content (AvgIpc) is 2.82. The Morgan fingerprint density at radius 3 is 2.12 bits per heavy atom. The summed E-state index contributed by atoms with van der Waals surface area (Å²) in [5, 5.41) is 0. The van der Waals surface area contributed by atoms with Gasteiger partial charge in [0.15, 0.2) is 11.5 Å². The van der Waals surface area contributed by atoms with Crippen LogP contribution in [0.25, 0.3) is 0 Å². The lowest BCUT2D eigenvalue weighted by Gasteiger charge is -2.42. The molecule has 2 aromatic carbocycles. The fourth-order valence-corrected chi connectivity index (χ4v) is 5.79. The molecule has 174 valence electrons. The van der Waals surface area contributed by atoms with Crippen LogP contribution in [0.1, 0.15) is 75.8 Å². The van der Waals surface area contributed by atoms with Crippen LogP contribution in [0.4, 0.5) is 8.78 Å². The van der Waals surface area contributed by atoms with Crippen LogP contribution in [0.15, 0.2) is 36.4 Å². The van der Waals surface area contributed by atoms with Gasteiger partial charge in [-0.25, -0.2) is 0 Å². The summed E-state index contributed by atoms with van der Waals surface area (Å²) in [4.78, 5) is 0. The largest absolute Gasteiger partial charge is 0.491 e. The predicted octanol–water partition coefficient (Wildman–Crippen LogP) is 7.70. The molecule has 2 fully saturated rings. The molecule has 0 N–H and O–H groups in total. The van der Waals surface area contributed by atoms with Gasteiger partial charge in [0.1, 0.15) is 0 Å². The summed E-state index contributed by atoms with van der Waals surface area (Å²) in [5.41, 5.74) is 2.94. The van der Waals surface area contributed by atoms with E-state index in [0.717, 1.165) is 31.1 Å². The molecule has 0 radical (unpaired) electrons. The number of halogens is 2. The zero-order valence-electron chi connectivity index (χ0n) is 19.4. The number of rotatable bonds is 8. The fraction of sp³-hybridized carbons (Fsp3) is 0.571. The van der Waals surface area contributed by atoms with Crippen molar-refractivity contribution in [2.45, 2.75) is 71.1 Å². The molecule has 4 rings (SSSR count). The second-order valence-corrected chi connectivity index (χ2v) is 9.63. The Hall–Kier alpha value is -2.10. The third kappa shape index (κ3) is 5.27. The minimum Gasteiger partial charge on any atom is -0.491 e. The first-order valence-corrected chi connectivity index (χ1v) is 12.4. The molecule has 0 aliphatic heterocycles. The van der Waals surface area contributed by atoms with Crippen LogP contribution in [-0.2, 0) is 6.42 Å². The lowest BCUT2D eigenvalue weighted by Crippen LogP contribution is -2.32. The van der Waals surface area contributed by atoms with Crippen molar-refractivity contribution in [3.8, 4) is 11.5 Å². The van der Waals surface area contributed by atoms with E-state index in [4.69, 9.17) is 9.47 Å². The Kier molecular flexibility index (Phi) is 7.70. The molecule has 2 nitrogen and oxygen atoms in total. The molecule has 4 atom stereocenters. The summed E-state index contributed by atoms with van der Waals surface area (Å²) in [6, 6.07) is 12.2. The highest BCUT2D eigenvalue weighted by Crippen LogP contribution is 2.47. The Labute approximate surface area is 191 Å². The van der Waals surface area contributed by atoms with E-state index in [-0.39, 0.29) is 11.5 Å². The van der Waals surface area contributed by atoms with Crippen LogP contribution in [0, 0.1) is 29.4 Å². The lowest BCUT2D eigenvalue weighted by molar-refractivity contribution is 0.0901. The van der Waals surface area contributed by atoms with Gasteiger partial charge >= 0.3 is 0 Å². The summed E-state index contributed by atoms with van der Waals surface area (Å²) in [7, 11) is 0. The van der Waals surface area contributed by atoms with Gasteiger partial charge in [-0.15, -0.1) is 0 Å². The fourth-order valence-electron chi connectivity index (χ4n) is 5.79. The van der Waals surface area contributed by atoms with Crippen LogP contribution in [0.3, 0.4) is 0 Å². The van der Waals surface area contributed by atoms with Crippen molar-refractivity contribution in [1.82, 2.24) is 0 Å². The van der Waals surface area contributed by atoms with Crippen molar-refractivity contribution < 1.29 is 18.3 Å².